The fourth-order valence-corrected chi connectivity index (χ4v) is 3.11. The zero-order valence-corrected chi connectivity index (χ0v) is 17.7. The standard InChI is InChI=1S/C22H22N8O2/c1-15-10-16(2)30(27-15)19-9-8-18(12-23-19)21(32)26-22-25-14-29(28-22)13-20(31)24-11-17-6-4-3-5-7-17/h3-10,12,14H,11,13H2,1-2H3,(H,24,31)(H,26,28,32). The first-order valence-electron chi connectivity index (χ1n) is 9.99. The van der Waals surface area contributed by atoms with E-state index in [-0.39, 0.29) is 18.4 Å². The van der Waals surface area contributed by atoms with Crippen molar-refractivity contribution in [2.24, 2.45) is 0 Å². The molecule has 4 rings (SSSR count). The van der Waals surface area contributed by atoms with Crippen LogP contribution in [0.1, 0.15) is 27.3 Å². The van der Waals surface area contributed by atoms with Crippen molar-refractivity contribution in [3.63, 3.8) is 0 Å². The van der Waals surface area contributed by atoms with Crippen LogP contribution in [0.4, 0.5) is 5.95 Å². The van der Waals surface area contributed by atoms with Crippen molar-refractivity contribution in [1.29, 1.82) is 0 Å². The number of anilines is 1. The van der Waals surface area contributed by atoms with Gasteiger partial charge in [-0.25, -0.2) is 19.3 Å². The molecule has 162 valence electrons. The van der Waals surface area contributed by atoms with Crippen LogP contribution in [-0.4, -0.2) is 41.3 Å². The Balaban J connectivity index is 1.32. The number of hydrogen-bond donors (Lipinski definition) is 2. The summed E-state index contributed by atoms with van der Waals surface area (Å²) in [4.78, 5) is 32.9. The Kier molecular flexibility index (Phi) is 6.02. The second-order valence-corrected chi connectivity index (χ2v) is 7.23. The summed E-state index contributed by atoms with van der Waals surface area (Å²) in [6.07, 6.45) is 2.86. The highest BCUT2D eigenvalue weighted by Gasteiger charge is 2.12. The average molecular weight is 430 g/mol. The number of amides is 2. The number of hydrogen-bond acceptors (Lipinski definition) is 6. The van der Waals surface area contributed by atoms with Gasteiger partial charge in [-0.3, -0.25) is 14.9 Å². The number of nitrogens with one attached hydrogen (secondary N) is 2. The molecule has 0 saturated heterocycles. The third-order valence-electron chi connectivity index (χ3n) is 4.64. The first-order chi connectivity index (χ1) is 15.5. The summed E-state index contributed by atoms with van der Waals surface area (Å²) < 4.78 is 3.07. The molecule has 10 nitrogen and oxygen atoms in total. The molecular weight excluding hydrogens is 408 g/mol. The summed E-state index contributed by atoms with van der Waals surface area (Å²) in [6.45, 7) is 4.27. The topological polar surface area (TPSA) is 120 Å². The zero-order valence-electron chi connectivity index (χ0n) is 17.7. The molecule has 0 saturated carbocycles. The van der Waals surface area contributed by atoms with E-state index in [9.17, 15) is 9.59 Å². The van der Waals surface area contributed by atoms with E-state index in [0.29, 0.717) is 17.9 Å². The van der Waals surface area contributed by atoms with Crippen LogP contribution in [0.3, 0.4) is 0 Å². The lowest BCUT2D eigenvalue weighted by atomic mass is 10.2. The van der Waals surface area contributed by atoms with Gasteiger partial charge in [0.15, 0.2) is 5.82 Å². The van der Waals surface area contributed by atoms with Crippen molar-refractivity contribution < 1.29 is 9.59 Å². The molecular formula is C22H22N8O2. The van der Waals surface area contributed by atoms with Crippen molar-refractivity contribution in [2.45, 2.75) is 26.9 Å². The largest absolute Gasteiger partial charge is 0.350 e. The van der Waals surface area contributed by atoms with E-state index < -0.39 is 5.91 Å². The summed E-state index contributed by atoms with van der Waals surface area (Å²) in [6, 6.07) is 14.9. The van der Waals surface area contributed by atoms with Crippen LogP contribution in [-0.2, 0) is 17.9 Å². The van der Waals surface area contributed by atoms with Gasteiger partial charge in [0.05, 0.1) is 11.3 Å². The Labute approximate surface area is 184 Å². The van der Waals surface area contributed by atoms with Crippen molar-refractivity contribution in [2.75, 3.05) is 5.32 Å². The lowest BCUT2D eigenvalue weighted by Gasteiger charge is -2.05. The van der Waals surface area contributed by atoms with Crippen molar-refractivity contribution in [1.82, 2.24) is 34.8 Å². The Morgan fingerprint density at radius 1 is 1.00 bits per heavy atom. The SMILES string of the molecule is Cc1cc(C)n(-c2ccc(C(=O)Nc3ncn(CC(=O)NCc4ccccc4)n3)cn2)n1. The number of aromatic nitrogens is 6. The quantitative estimate of drug-likeness (QED) is 0.463. The molecule has 3 aromatic heterocycles. The van der Waals surface area contributed by atoms with Crippen molar-refractivity contribution >= 4 is 17.8 Å². The van der Waals surface area contributed by atoms with Crippen molar-refractivity contribution in [3.8, 4) is 5.82 Å². The third-order valence-corrected chi connectivity index (χ3v) is 4.64. The van der Waals surface area contributed by atoms with Gasteiger partial charge in [0.25, 0.3) is 5.91 Å². The predicted octanol–water partition coefficient (Wildman–Crippen LogP) is 2.04. The highest BCUT2D eigenvalue weighted by atomic mass is 16.2. The second kappa shape index (κ2) is 9.21. The smallest absolute Gasteiger partial charge is 0.259 e. The summed E-state index contributed by atoms with van der Waals surface area (Å²) in [5, 5.41) is 13.9. The molecule has 32 heavy (non-hydrogen) atoms. The molecule has 4 aromatic rings. The molecule has 0 bridgehead atoms. The van der Waals surface area contributed by atoms with Gasteiger partial charge < -0.3 is 5.32 Å². The highest BCUT2D eigenvalue weighted by Crippen LogP contribution is 2.11. The van der Waals surface area contributed by atoms with Crippen molar-refractivity contribution in [3.05, 3.63) is 83.6 Å². The van der Waals surface area contributed by atoms with Crippen LogP contribution in [0.2, 0.25) is 0 Å². The Morgan fingerprint density at radius 2 is 1.81 bits per heavy atom. The minimum Gasteiger partial charge on any atom is -0.350 e. The summed E-state index contributed by atoms with van der Waals surface area (Å²) in [5.41, 5.74) is 3.20. The second-order valence-electron chi connectivity index (χ2n) is 7.23. The van der Waals surface area contributed by atoms with E-state index in [1.807, 2.05) is 50.2 Å². The van der Waals surface area contributed by atoms with Gasteiger partial charge in [0, 0.05) is 18.4 Å². The molecule has 0 fully saturated rings. The van der Waals surface area contributed by atoms with E-state index in [0.717, 1.165) is 17.0 Å². The van der Waals surface area contributed by atoms with Crippen LogP contribution in [0, 0.1) is 13.8 Å². The maximum Gasteiger partial charge on any atom is 0.259 e. The maximum absolute atomic E-state index is 12.5. The molecule has 3 heterocycles. The van der Waals surface area contributed by atoms with E-state index in [1.165, 1.54) is 17.2 Å². The molecule has 0 aliphatic carbocycles. The van der Waals surface area contributed by atoms with Gasteiger partial charge in [-0.15, -0.1) is 5.10 Å². The molecule has 2 N–H and O–H groups in total. The minimum absolute atomic E-state index is 0.00536. The molecule has 0 spiro atoms. The number of pyridine rings is 1. The monoisotopic (exact) mass is 430 g/mol. The van der Waals surface area contributed by atoms with E-state index in [1.54, 1.807) is 16.8 Å². The Morgan fingerprint density at radius 3 is 2.50 bits per heavy atom. The first kappa shape index (κ1) is 20.9. The van der Waals surface area contributed by atoms with Crippen LogP contribution in [0.5, 0.6) is 0 Å². The summed E-state index contributed by atoms with van der Waals surface area (Å²) >= 11 is 0. The Hall–Kier alpha value is -4.34. The summed E-state index contributed by atoms with van der Waals surface area (Å²) in [7, 11) is 0. The zero-order chi connectivity index (χ0) is 22.5. The molecule has 0 unspecified atom stereocenters. The van der Waals surface area contributed by atoms with E-state index >= 15 is 0 Å². The lowest BCUT2D eigenvalue weighted by molar-refractivity contribution is -0.122. The van der Waals surface area contributed by atoms with Crippen LogP contribution in [0.25, 0.3) is 5.82 Å². The molecule has 0 aliphatic heterocycles. The molecule has 1 aromatic carbocycles. The molecule has 2 amide bonds. The number of benzene rings is 1. The van der Waals surface area contributed by atoms with Gasteiger partial charge in [0.2, 0.25) is 11.9 Å². The Bertz CT molecular complexity index is 1230. The fraction of sp³-hybridized carbons (Fsp3) is 0.182. The highest BCUT2D eigenvalue weighted by molar-refractivity contribution is 6.03. The number of aryl methyl sites for hydroxylation is 2. The maximum atomic E-state index is 12.5. The normalized spacial score (nSPS) is 10.7. The third kappa shape index (κ3) is 5.04. The minimum atomic E-state index is -0.399. The number of carbonyl (C=O) groups excluding carboxylic acids is 2. The van der Waals surface area contributed by atoms with Crippen LogP contribution < -0.4 is 10.6 Å². The lowest BCUT2D eigenvalue weighted by Crippen LogP contribution is -2.27. The van der Waals surface area contributed by atoms with Gasteiger partial charge >= 0.3 is 0 Å². The average Bonchev–Trinajstić information content (AvgIpc) is 3.37. The molecule has 0 aliphatic rings. The predicted molar refractivity (Wildman–Crippen MR) is 117 cm³/mol. The first-order valence-corrected chi connectivity index (χ1v) is 9.99. The van der Waals surface area contributed by atoms with E-state index in [2.05, 4.69) is 30.8 Å². The van der Waals surface area contributed by atoms with Gasteiger partial charge in [0.1, 0.15) is 12.9 Å². The van der Waals surface area contributed by atoms with E-state index in [4.69, 9.17) is 0 Å². The fourth-order valence-electron chi connectivity index (χ4n) is 3.11. The molecule has 0 radical (unpaired) electrons. The van der Waals surface area contributed by atoms with Gasteiger partial charge in [-0.05, 0) is 37.6 Å². The van der Waals surface area contributed by atoms with Crippen LogP contribution in [0.15, 0.2) is 61.1 Å². The number of nitrogens with zero attached hydrogens (tertiary/aromatic N) is 6. The van der Waals surface area contributed by atoms with Gasteiger partial charge in [-0.2, -0.15) is 5.10 Å². The van der Waals surface area contributed by atoms with Gasteiger partial charge in [-0.1, -0.05) is 30.3 Å². The summed E-state index contributed by atoms with van der Waals surface area (Å²) in [5.74, 6) is 0.119. The number of carbonyl (C=O) groups is 2. The number of rotatable bonds is 7. The molecule has 0 atom stereocenters. The molecule has 10 heteroatoms. The van der Waals surface area contributed by atoms with Crippen LogP contribution >= 0.6 is 0 Å².